The number of carbonyl (C=O) groups excluding carboxylic acids is 1. The first kappa shape index (κ1) is 29.3. The molecule has 1 amide bonds. The Morgan fingerprint density at radius 1 is 0.667 bits per heavy atom. The van der Waals surface area contributed by atoms with Gasteiger partial charge in [-0.05, 0) is 130 Å². The first-order chi connectivity index (χ1) is 20.5. The summed E-state index contributed by atoms with van der Waals surface area (Å²) in [6.07, 6.45) is 18.0. The van der Waals surface area contributed by atoms with E-state index < -0.39 is 0 Å². The zero-order valence-corrected chi connectivity index (χ0v) is 26.2. The monoisotopic (exact) mass is 597 g/mol. The van der Waals surface area contributed by atoms with Crippen molar-refractivity contribution in [1.29, 1.82) is 0 Å². The zero-order chi connectivity index (χ0) is 28.6. The molecule has 6 nitrogen and oxygen atoms in total. The standard InChI is InChI=1S/C35H51NO5S/c37-33(23-42)36-22-30-13-31(38-3-1-5-40-34-16-24-7-25(17-34)9-26(8-24)18-34)15-32(14-30)39-4-2-6-41-35-19-27-10-28(20-35)12-29(11-27)21-35/h13-15,24-29,42H,1-12,16-23H2,(H,36,37). The molecule has 7 heteroatoms. The highest BCUT2D eigenvalue weighted by Gasteiger charge is 2.52. The molecule has 0 radical (unpaired) electrons. The van der Waals surface area contributed by atoms with Gasteiger partial charge < -0.3 is 24.3 Å². The predicted octanol–water partition coefficient (Wildman–Crippen LogP) is 6.74. The van der Waals surface area contributed by atoms with E-state index in [-0.39, 0.29) is 22.9 Å². The molecular formula is C35H51NO5S. The van der Waals surface area contributed by atoms with Gasteiger partial charge in [-0.25, -0.2) is 0 Å². The van der Waals surface area contributed by atoms with E-state index in [0.29, 0.717) is 19.8 Å². The lowest BCUT2D eigenvalue weighted by atomic mass is 9.54. The third-order valence-electron chi connectivity index (χ3n) is 11.5. The van der Waals surface area contributed by atoms with E-state index in [1.165, 1.54) is 77.0 Å². The lowest BCUT2D eigenvalue weighted by molar-refractivity contribution is -0.163. The second-order valence-electron chi connectivity index (χ2n) is 15.0. The number of thiol groups is 1. The maximum Gasteiger partial charge on any atom is 0.229 e. The van der Waals surface area contributed by atoms with Gasteiger partial charge in [-0.15, -0.1) is 0 Å². The highest BCUT2D eigenvalue weighted by atomic mass is 32.1. The first-order valence-electron chi connectivity index (χ1n) is 17.0. The van der Waals surface area contributed by atoms with Crippen molar-refractivity contribution in [2.24, 2.45) is 35.5 Å². The van der Waals surface area contributed by atoms with Gasteiger partial charge >= 0.3 is 0 Å². The van der Waals surface area contributed by atoms with Crippen LogP contribution >= 0.6 is 12.6 Å². The van der Waals surface area contributed by atoms with Crippen LogP contribution in [0.2, 0.25) is 0 Å². The molecule has 0 unspecified atom stereocenters. The minimum Gasteiger partial charge on any atom is -0.493 e. The van der Waals surface area contributed by atoms with E-state index in [9.17, 15) is 4.79 Å². The Balaban J connectivity index is 0.876. The molecule has 1 aromatic carbocycles. The molecule has 8 saturated carbocycles. The number of amides is 1. The molecule has 0 saturated heterocycles. The largest absolute Gasteiger partial charge is 0.493 e. The Labute approximate surface area is 257 Å². The van der Waals surface area contributed by atoms with Crippen molar-refractivity contribution in [2.75, 3.05) is 32.2 Å². The summed E-state index contributed by atoms with van der Waals surface area (Å²) in [4.78, 5) is 11.8. The molecule has 1 N–H and O–H groups in total. The van der Waals surface area contributed by atoms with Crippen LogP contribution in [0.25, 0.3) is 0 Å². The average molecular weight is 598 g/mol. The summed E-state index contributed by atoms with van der Waals surface area (Å²) >= 11 is 4.08. The van der Waals surface area contributed by atoms with E-state index in [0.717, 1.165) is 78.6 Å². The molecule has 0 heterocycles. The van der Waals surface area contributed by atoms with Crippen molar-refractivity contribution in [3.05, 3.63) is 23.8 Å². The average Bonchev–Trinajstić information content (AvgIpc) is 2.94. The summed E-state index contributed by atoms with van der Waals surface area (Å²) < 4.78 is 25.6. The summed E-state index contributed by atoms with van der Waals surface area (Å²) in [5.41, 5.74) is 1.27. The van der Waals surface area contributed by atoms with E-state index in [2.05, 4.69) is 17.9 Å². The van der Waals surface area contributed by atoms with E-state index in [4.69, 9.17) is 18.9 Å². The second kappa shape index (κ2) is 12.5. The number of rotatable bonds is 15. The summed E-state index contributed by atoms with van der Waals surface area (Å²) in [7, 11) is 0. The molecular weight excluding hydrogens is 546 g/mol. The maximum absolute atomic E-state index is 11.8. The van der Waals surface area contributed by atoms with Crippen molar-refractivity contribution in [2.45, 2.75) is 108 Å². The van der Waals surface area contributed by atoms with Gasteiger partial charge in [-0.2, -0.15) is 12.6 Å². The number of hydrogen-bond acceptors (Lipinski definition) is 6. The lowest BCUT2D eigenvalue weighted by Crippen LogP contribution is -2.52. The van der Waals surface area contributed by atoms with Gasteiger partial charge in [0.1, 0.15) is 11.5 Å². The topological polar surface area (TPSA) is 66.0 Å². The molecule has 232 valence electrons. The third-order valence-corrected chi connectivity index (χ3v) is 11.8. The molecule has 9 rings (SSSR count). The van der Waals surface area contributed by atoms with Crippen LogP contribution in [0.5, 0.6) is 11.5 Å². The number of carbonyl (C=O) groups is 1. The highest BCUT2D eigenvalue weighted by molar-refractivity contribution is 7.81. The minimum atomic E-state index is -0.0872. The minimum absolute atomic E-state index is 0.0872. The van der Waals surface area contributed by atoms with Crippen LogP contribution in [0.3, 0.4) is 0 Å². The fourth-order valence-electron chi connectivity index (χ4n) is 10.6. The quantitative estimate of drug-likeness (QED) is 0.173. The molecule has 42 heavy (non-hydrogen) atoms. The molecule has 8 fully saturated rings. The molecule has 8 aliphatic carbocycles. The number of benzene rings is 1. The van der Waals surface area contributed by atoms with Crippen LogP contribution < -0.4 is 14.8 Å². The van der Waals surface area contributed by atoms with Crippen LogP contribution in [0.1, 0.15) is 95.5 Å². The Kier molecular flexibility index (Phi) is 8.72. The SMILES string of the molecule is O=C(CS)NCc1cc(OCCCOC23CC4CC(CC(C4)C2)C3)cc(OCCCOC23CC4CC(CC(C4)C2)C3)c1. The summed E-state index contributed by atoms with van der Waals surface area (Å²) in [6, 6.07) is 5.98. The normalized spacial score (nSPS) is 37.3. The van der Waals surface area contributed by atoms with Crippen molar-refractivity contribution in [3.8, 4) is 11.5 Å². The van der Waals surface area contributed by atoms with Crippen LogP contribution in [0, 0.1) is 35.5 Å². The molecule has 1 aromatic rings. The third kappa shape index (κ3) is 6.78. The predicted molar refractivity (Wildman–Crippen MR) is 166 cm³/mol. The Morgan fingerprint density at radius 3 is 1.45 bits per heavy atom. The first-order valence-corrected chi connectivity index (χ1v) is 17.6. The summed E-state index contributed by atoms with van der Waals surface area (Å²) in [6.45, 7) is 3.17. The Morgan fingerprint density at radius 2 is 1.07 bits per heavy atom. The highest BCUT2D eigenvalue weighted by Crippen LogP contribution is 2.58. The number of nitrogens with one attached hydrogen (secondary N) is 1. The summed E-state index contributed by atoms with van der Waals surface area (Å²) in [5, 5.41) is 2.92. The van der Waals surface area contributed by atoms with Gasteiger partial charge in [0.05, 0.1) is 43.4 Å². The smallest absolute Gasteiger partial charge is 0.229 e. The van der Waals surface area contributed by atoms with Crippen LogP contribution in [-0.4, -0.2) is 49.3 Å². The van der Waals surface area contributed by atoms with Crippen LogP contribution in [0.15, 0.2) is 18.2 Å². The van der Waals surface area contributed by atoms with E-state index in [1.807, 2.05) is 18.2 Å². The molecule has 0 aliphatic heterocycles. The number of ether oxygens (including phenoxy) is 4. The fraction of sp³-hybridized carbons (Fsp3) is 0.800. The van der Waals surface area contributed by atoms with Gasteiger partial charge in [0.25, 0.3) is 0 Å². The maximum atomic E-state index is 11.8. The number of hydrogen-bond donors (Lipinski definition) is 2. The van der Waals surface area contributed by atoms with Gasteiger partial charge in [0.2, 0.25) is 5.91 Å². The summed E-state index contributed by atoms with van der Waals surface area (Å²) in [5.74, 6) is 7.06. The van der Waals surface area contributed by atoms with Crippen molar-refractivity contribution < 1.29 is 23.7 Å². The van der Waals surface area contributed by atoms with Gasteiger partial charge in [-0.1, -0.05) is 0 Å². The van der Waals surface area contributed by atoms with Gasteiger partial charge in [-0.3, -0.25) is 4.79 Å². The van der Waals surface area contributed by atoms with E-state index in [1.54, 1.807) is 0 Å². The van der Waals surface area contributed by atoms with Crippen molar-refractivity contribution in [3.63, 3.8) is 0 Å². The Bertz CT molecular complexity index is 964. The second-order valence-corrected chi connectivity index (χ2v) is 15.4. The zero-order valence-electron chi connectivity index (χ0n) is 25.3. The van der Waals surface area contributed by atoms with Crippen molar-refractivity contribution >= 4 is 18.5 Å². The molecule has 0 atom stereocenters. The van der Waals surface area contributed by atoms with Crippen LogP contribution in [0.4, 0.5) is 0 Å². The van der Waals surface area contributed by atoms with Gasteiger partial charge in [0.15, 0.2) is 0 Å². The van der Waals surface area contributed by atoms with E-state index >= 15 is 0 Å². The molecule has 0 aromatic heterocycles. The molecule has 8 aliphatic rings. The molecule has 0 spiro atoms. The molecule has 8 bridgehead atoms. The Hall–Kier alpha value is -1.44. The van der Waals surface area contributed by atoms with Crippen LogP contribution in [-0.2, 0) is 20.8 Å². The lowest BCUT2D eigenvalue weighted by Gasteiger charge is -2.56. The fourth-order valence-corrected chi connectivity index (χ4v) is 10.8. The van der Waals surface area contributed by atoms with Gasteiger partial charge in [0, 0.05) is 25.5 Å². The van der Waals surface area contributed by atoms with Crippen molar-refractivity contribution in [1.82, 2.24) is 5.32 Å².